The van der Waals surface area contributed by atoms with Crippen LogP contribution in [0.5, 0.6) is 0 Å². The molecule has 0 heterocycles. The van der Waals surface area contributed by atoms with Gasteiger partial charge < -0.3 is 14.4 Å². The molecular formula is C14H17NO6. The minimum Gasteiger partial charge on any atom is -0.457 e. The number of ketones is 1. The highest BCUT2D eigenvalue weighted by Gasteiger charge is 2.17. The number of hydrogen-bond donors (Lipinski definition) is 0. The van der Waals surface area contributed by atoms with Crippen LogP contribution in [-0.4, -0.2) is 52.0 Å². The topological polar surface area (TPSA) is 82.1 Å². The maximum absolute atomic E-state index is 11.8. The van der Waals surface area contributed by atoms with Gasteiger partial charge in [-0.2, -0.15) is 0 Å². The molecule has 0 unspecified atom stereocenters. The molecule has 0 aliphatic heterocycles. The van der Waals surface area contributed by atoms with Crippen molar-refractivity contribution in [1.29, 1.82) is 0 Å². The van der Waals surface area contributed by atoms with Crippen LogP contribution in [0.2, 0.25) is 0 Å². The first-order valence-corrected chi connectivity index (χ1v) is 6.23. The first-order valence-electron chi connectivity index (χ1n) is 6.23. The van der Waals surface area contributed by atoms with E-state index in [0.717, 1.165) is 5.69 Å². The number of Topliss-reactive ketones (excluding diaryl/α,β-unsaturated/α-hetero) is 1. The summed E-state index contributed by atoms with van der Waals surface area (Å²) in [7, 11) is 3.75. The molecule has 0 amide bonds. The Morgan fingerprint density at radius 2 is 1.76 bits per heavy atom. The smallest absolute Gasteiger partial charge is 0.379 e. The molecule has 0 atom stereocenters. The van der Waals surface area contributed by atoms with E-state index in [1.165, 1.54) is 0 Å². The van der Waals surface area contributed by atoms with Crippen LogP contribution in [-0.2, 0) is 24.1 Å². The summed E-state index contributed by atoms with van der Waals surface area (Å²) < 4.78 is 4.72. The molecule has 7 nitrogen and oxygen atoms in total. The van der Waals surface area contributed by atoms with E-state index in [0.29, 0.717) is 6.29 Å². The van der Waals surface area contributed by atoms with E-state index < -0.39 is 11.8 Å². The van der Waals surface area contributed by atoms with Gasteiger partial charge in [0.1, 0.15) is 26.1 Å². The average Bonchev–Trinajstić information content (AvgIpc) is 2.49. The lowest BCUT2D eigenvalue weighted by Gasteiger charge is -2.12. The second-order valence-electron chi connectivity index (χ2n) is 4.18. The van der Waals surface area contributed by atoms with Crippen LogP contribution in [0, 0.1) is 0 Å². The standard InChI is InChI=1S/C14H17NO6/c1-15(2)12-5-3-11(4-6-12)13(17)14(18)19-9-10-21-20-8-7-16/h3-7H,8-10H2,1-2H3. The van der Waals surface area contributed by atoms with Crippen molar-refractivity contribution < 1.29 is 28.9 Å². The van der Waals surface area contributed by atoms with E-state index in [1.54, 1.807) is 24.3 Å². The van der Waals surface area contributed by atoms with Gasteiger partial charge in [-0.25, -0.2) is 14.6 Å². The highest BCUT2D eigenvalue weighted by Crippen LogP contribution is 2.12. The number of esters is 1. The third-order valence-corrected chi connectivity index (χ3v) is 2.45. The molecule has 0 spiro atoms. The fourth-order valence-corrected chi connectivity index (χ4v) is 1.40. The molecule has 114 valence electrons. The van der Waals surface area contributed by atoms with Crippen molar-refractivity contribution in [2.24, 2.45) is 0 Å². The zero-order chi connectivity index (χ0) is 15.7. The molecule has 0 saturated carbocycles. The van der Waals surface area contributed by atoms with Gasteiger partial charge >= 0.3 is 5.97 Å². The van der Waals surface area contributed by atoms with E-state index >= 15 is 0 Å². The summed E-state index contributed by atoms with van der Waals surface area (Å²) in [5.41, 5.74) is 1.17. The number of benzene rings is 1. The van der Waals surface area contributed by atoms with Crippen molar-refractivity contribution in [3.63, 3.8) is 0 Å². The Morgan fingerprint density at radius 1 is 1.10 bits per heavy atom. The fraction of sp³-hybridized carbons (Fsp3) is 0.357. The number of nitrogens with zero attached hydrogens (tertiary/aromatic N) is 1. The molecule has 0 aromatic heterocycles. The Hall–Kier alpha value is -2.25. The number of carbonyl (C=O) groups excluding carboxylic acids is 3. The first-order chi connectivity index (χ1) is 10.1. The largest absolute Gasteiger partial charge is 0.457 e. The predicted octanol–water partition coefficient (Wildman–Crippen LogP) is 0.626. The van der Waals surface area contributed by atoms with Crippen LogP contribution in [0.3, 0.4) is 0 Å². The monoisotopic (exact) mass is 295 g/mol. The van der Waals surface area contributed by atoms with Crippen molar-refractivity contribution in [1.82, 2.24) is 0 Å². The number of ether oxygens (including phenoxy) is 1. The molecule has 7 heteroatoms. The van der Waals surface area contributed by atoms with Gasteiger partial charge in [-0.15, -0.1) is 0 Å². The summed E-state index contributed by atoms with van der Waals surface area (Å²) in [5, 5.41) is 0. The minimum absolute atomic E-state index is 0.0631. The van der Waals surface area contributed by atoms with Crippen LogP contribution in [0.25, 0.3) is 0 Å². The van der Waals surface area contributed by atoms with Crippen LogP contribution in [0.15, 0.2) is 24.3 Å². The first kappa shape index (κ1) is 16.8. The Bertz CT molecular complexity index is 483. The molecule has 0 radical (unpaired) electrons. The lowest BCUT2D eigenvalue weighted by molar-refractivity contribution is -0.290. The summed E-state index contributed by atoms with van der Waals surface area (Å²) in [5.74, 6) is -1.69. The van der Waals surface area contributed by atoms with E-state index in [2.05, 4.69) is 9.78 Å². The quantitative estimate of drug-likeness (QED) is 0.126. The SMILES string of the molecule is CN(C)c1ccc(C(=O)C(=O)OCCOOCC=O)cc1. The lowest BCUT2D eigenvalue weighted by Crippen LogP contribution is -2.20. The fourth-order valence-electron chi connectivity index (χ4n) is 1.40. The van der Waals surface area contributed by atoms with Crippen LogP contribution in [0.1, 0.15) is 10.4 Å². The number of hydrogen-bond acceptors (Lipinski definition) is 7. The van der Waals surface area contributed by atoms with Gasteiger partial charge in [0.25, 0.3) is 5.78 Å². The van der Waals surface area contributed by atoms with Crippen LogP contribution in [0.4, 0.5) is 5.69 Å². The van der Waals surface area contributed by atoms with Crippen molar-refractivity contribution in [3.8, 4) is 0 Å². The lowest BCUT2D eigenvalue weighted by atomic mass is 10.1. The second-order valence-corrected chi connectivity index (χ2v) is 4.18. The number of carbonyl (C=O) groups is 3. The average molecular weight is 295 g/mol. The van der Waals surface area contributed by atoms with Crippen molar-refractivity contribution in [2.45, 2.75) is 0 Å². The van der Waals surface area contributed by atoms with E-state index in [-0.39, 0.29) is 25.4 Å². The van der Waals surface area contributed by atoms with Gasteiger partial charge in [0.05, 0.1) is 0 Å². The van der Waals surface area contributed by atoms with Crippen LogP contribution < -0.4 is 4.90 Å². The van der Waals surface area contributed by atoms with Crippen molar-refractivity contribution in [2.75, 3.05) is 38.8 Å². The van der Waals surface area contributed by atoms with Gasteiger partial charge in [0, 0.05) is 25.3 Å². The maximum atomic E-state index is 11.8. The van der Waals surface area contributed by atoms with Gasteiger partial charge in [0.2, 0.25) is 0 Å². The second kappa shape index (κ2) is 8.83. The molecule has 21 heavy (non-hydrogen) atoms. The molecular weight excluding hydrogens is 278 g/mol. The molecule has 0 saturated heterocycles. The molecule has 0 aliphatic rings. The summed E-state index contributed by atoms with van der Waals surface area (Å²) in [6.45, 7) is -0.406. The van der Waals surface area contributed by atoms with Crippen molar-refractivity contribution in [3.05, 3.63) is 29.8 Å². The minimum atomic E-state index is -0.966. The van der Waals surface area contributed by atoms with Crippen molar-refractivity contribution >= 4 is 23.7 Å². The van der Waals surface area contributed by atoms with E-state index in [1.807, 2.05) is 19.0 Å². The Labute approximate surface area is 122 Å². The molecule has 1 rings (SSSR count). The zero-order valence-electron chi connectivity index (χ0n) is 11.9. The summed E-state index contributed by atoms with van der Waals surface area (Å²) in [4.78, 5) is 44.0. The highest BCUT2D eigenvalue weighted by atomic mass is 17.2. The molecule has 0 N–H and O–H groups in total. The predicted molar refractivity (Wildman–Crippen MR) is 74.0 cm³/mol. The maximum Gasteiger partial charge on any atom is 0.379 e. The normalized spacial score (nSPS) is 10.0. The summed E-state index contributed by atoms with van der Waals surface area (Å²) in [6, 6.07) is 6.58. The van der Waals surface area contributed by atoms with Gasteiger partial charge in [-0.05, 0) is 24.3 Å². The number of anilines is 1. The highest BCUT2D eigenvalue weighted by molar-refractivity contribution is 6.40. The molecule has 0 bridgehead atoms. The Morgan fingerprint density at radius 3 is 2.33 bits per heavy atom. The van der Waals surface area contributed by atoms with Crippen LogP contribution >= 0.6 is 0 Å². The van der Waals surface area contributed by atoms with Gasteiger partial charge in [0.15, 0.2) is 0 Å². The van der Waals surface area contributed by atoms with E-state index in [9.17, 15) is 14.4 Å². The Balaban J connectivity index is 2.40. The third kappa shape index (κ3) is 5.72. The number of rotatable bonds is 9. The Kier molecular flexibility index (Phi) is 7.06. The third-order valence-electron chi connectivity index (χ3n) is 2.45. The number of aldehydes is 1. The summed E-state index contributed by atoms with van der Waals surface area (Å²) in [6.07, 6.45) is 0.521. The van der Waals surface area contributed by atoms with E-state index in [4.69, 9.17) is 4.74 Å². The van der Waals surface area contributed by atoms with Gasteiger partial charge in [-0.3, -0.25) is 4.79 Å². The molecule has 1 aromatic rings. The molecule has 0 aliphatic carbocycles. The molecule has 1 aromatic carbocycles. The molecule has 0 fully saturated rings. The summed E-state index contributed by atoms with van der Waals surface area (Å²) >= 11 is 0. The zero-order valence-corrected chi connectivity index (χ0v) is 11.9. The van der Waals surface area contributed by atoms with Gasteiger partial charge in [-0.1, -0.05) is 0 Å².